The van der Waals surface area contributed by atoms with Gasteiger partial charge in [0.15, 0.2) is 0 Å². The van der Waals surface area contributed by atoms with Crippen molar-refractivity contribution < 1.29 is 9.84 Å². The van der Waals surface area contributed by atoms with E-state index in [1.807, 2.05) is 12.1 Å². The molecule has 1 fully saturated rings. The zero-order valence-corrected chi connectivity index (χ0v) is 19.5. The molecule has 2 aliphatic heterocycles. The Balaban J connectivity index is 1.29. The van der Waals surface area contributed by atoms with Crippen molar-refractivity contribution in [1.82, 2.24) is 4.90 Å². The molecule has 0 bridgehead atoms. The Kier molecular flexibility index (Phi) is 6.97. The molecule has 33 heavy (non-hydrogen) atoms. The first kappa shape index (κ1) is 22.0. The minimum absolute atomic E-state index is 0.165. The Morgan fingerprint density at radius 2 is 1.61 bits per heavy atom. The smallest absolute Gasteiger partial charge is 0.123 e. The fourth-order valence-electron chi connectivity index (χ4n) is 5.54. The molecule has 3 heteroatoms. The Morgan fingerprint density at radius 1 is 0.818 bits per heavy atom. The van der Waals surface area contributed by atoms with Gasteiger partial charge in [-0.1, -0.05) is 61.0 Å². The van der Waals surface area contributed by atoms with E-state index in [1.165, 1.54) is 68.4 Å². The summed E-state index contributed by atoms with van der Waals surface area (Å²) in [5.74, 6) is 1.56. The molecule has 0 radical (unpaired) electrons. The normalized spacial score (nSPS) is 20.4. The third-order valence-electron chi connectivity index (χ3n) is 7.35. The molecule has 0 aromatic heterocycles. The van der Waals surface area contributed by atoms with Crippen molar-refractivity contribution >= 4 is 0 Å². The van der Waals surface area contributed by atoms with Gasteiger partial charge in [-0.05, 0) is 86.6 Å². The maximum atomic E-state index is 10.2. The van der Waals surface area contributed by atoms with E-state index in [0.29, 0.717) is 12.4 Å². The number of phenolic OH excluding ortho intramolecular Hbond substituents is 1. The van der Waals surface area contributed by atoms with E-state index >= 15 is 0 Å². The van der Waals surface area contributed by atoms with E-state index in [-0.39, 0.29) is 11.8 Å². The van der Waals surface area contributed by atoms with E-state index < -0.39 is 0 Å². The Hall–Kier alpha value is -2.78. The lowest BCUT2D eigenvalue weighted by atomic mass is 9.75. The fraction of sp³-hybridized carbons (Fsp3) is 0.400. The molecule has 2 aliphatic rings. The van der Waals surface area contributed by atoms with Crippen LogP contribution in [0.25, 0.3) is 0 Å². The molecule has 0 unspecified atom stereocenters. The van der Waals surface area contributed by atoms with Crippen molar-refractivity contribution in [2.24, 2.45) is 0 Å². The molecule has 0 spiro atoms. The van der Waals surface area contributed by atoms with Gasteiger partial charge in [-0.15, -0.1) is 0 Å². The first-order valence-corrected chi connectivity index (χ1v) is 12.6. The lowest BCUT2D eigenvalue weighted by Gasteiger charge is -2.34. The maximum absolute atomic E-state index is 10.2. The summed E-state index contributed by atoms with van der Waals surface area (Å²) in [7, 11) is 0. The Labute approximate surface area is 198 Å². The average molecular weight is 442 g/mol. The van der Waals surface area contributed by atoms with Crippen LogP contribution in [0.2, 0.25) is 0 Å². The summed E-state index contributed by atoms with van der Waals surface area (Å²) < 4.78 is 6.12. The number of hydrogen-bond donors (Lipinski definition) is 1. The largest absolute Gasteiger partial charge is 0.508 e. The first-order chi connectivity index (χ1) is 16.3. The topological polar surface area (TPSA) is 32.7 Å². The highest BCUT2D eigenvalue weighted by molar-refractivity contribution is 5.50. The molecule has 5 rings (SSSR count). The predicted molar refractivity (Wildman–Crippen MR) is 134 cm³/mol. The van der Waals surface area contributed by atoms with Crippen molar-refractivity contribution in [2.45, 2.75) is 50.4 Å². The van der Waals surface area contributed by atoms with Gasteiger partial charge in [0.2, 0.25) is 0 Å². The minimum atomic E-state index is 0.165. The van der Waals surface area contributed by atoms with Crippen LogP contribution >= 0.6 is 0 Å². The van der Waals surface area contributed by atoms with Crippen molar-refractivity contribution in [1.29, 1.82) is 0 Å². The van der Waals surface area contributed by atoms with Gasteiger partial charge in [-0.2, -0.15) is 0 Å². The van der Waals surface area contributed by atoms with Crippen LogP contribution in [0.4, 0.5) is 0 Å². The lowest BCUT2D eigenvalue weighted by Crippen LogP contribution is -2.25. The summed E-state index contributed by atoms with van der Waals surface area (Å²) in [6.45, 7) is 4.53. The van der Waals surface area contributed by atoms with Gasteiger partial charge < -0.3 is 14.7 Å². The van der Waals surface area contributed by atoms with Gasteiger partial charge >= 0.3 is 0 Å². The number of ether oxygens (including phenoxy) is 1. The van der Waals surface area contributed by atoms with Gasteiger partial charge in [0, 0.05) is 17.4 Å². The summed E-state index contributed by atoms with van der Waals surface area (Å²) in [6.07, 6.45) is 7.80. The zero-order valence-electron chi connectivity index (χ0n) is 19.5. The highest BCUT2D eigenvalue weighted by Gasteiger charge is 2.33. The number of rotatable bonds is 8. The van der Waals surface area contributed by atoms with Crippen molar-refractivity contribution in [3.63, 3.8) is 0 Å². The monoisotopic (exact) mass is 441 g/mol. The first-order valence-electron chi connectivity index (χ1n) is 12.6. The number of phenols is 1. The van der Waals surface area contributed by atoms with E-state index in [4.69, 9.17) is 4.74 Å². The number of benzene rings is 3. The average Bonchev–Trinajstić information content (AvgIpc) is 3.38. The van der Waals surface area contributed by atoms with Gasteiger partial charge in [0.25, 0.3) is 0 Å². The highest BCUT2D eigenvalue weighted by atomic mass is 16.5. The summed E-state index contributed by atoms with van der Waals surface area (Å²) in [6, 6.07) is 25.3. The van der Waals surface area contributed by atoms with Gasteiger partial charge in [0.1, 0.15) is 11.5 Å². The van der Waals surface area contributed by atoms with Gasteiger partial charge in [-0.3, -0.25) is 0 Å². The second-order valence-electron chi connectivity index (χ2n) is 9.63. The number of unbranched alkanes of at least 4 members (excludes halogenated alkanes) is 2. The van der Waals surface area contributed by atoms with Crippen LogP contribution in [0, 0.1) is 0 Å². The quantitative estimate of drug-likeness (QED) is 0.405. The van der Waals surface area contributed by atoms with Crippen LogP contribution in [-0.2, 0) is 6.42 Å². The molecular formula is C30H35NO2. The minimum Gasteiger partial charge on any atom is -0.508 e. The third-order valence-corrected chi connectivity index (χ3v) is 7.35. The molecule has 2 atom stereocenters. The Bertz CT molecular complexity index is 1020. The predicted octanol–water partition coefficient (Wildman–Crippen LogP) is 6.51. The molecule has 3 aromatic rings. The summed E-state index contributed by atoms with van der Waals surface area (Å²) in [4.78, 5) is 2.61. The highest BCUT2D eigenvalue weighted by Crippen LogP contribution is 2.47. The van der Waals surface area contributed by atoms with Crippen LogP contribution in [-0.4, -0.2) is 36.2 Å². The van der Waals surface area contributed by atoms with E-state index in [9.17, 15) is 5.11 Å². The SMILES string of the molecule is Oc1ccc2c(c1)[C@H](c1ccc(CCCCCN3CCCC3)cc1)[C@H](c1ccccc1)CO2. The fourth-order valence-corrected chi connectivity index (χ4v) is 5.54. The van der Waals surface area contributed by atoms with E-state index in [1.54, 1.807) is 6.07 Å². The van der Waals surface area contributed by atoms with Crippen LogP contribution in [0.1, 0.15) is 66.2 Å². The number of nitrogens with zero attached hydrogens (tertiary/aromatic N) is 1. The van der Waals surface area contributed by atoms with Crippen LogP contribution < -0.4 is 4.74 Å². The molecule has 1 saturated heterocycles. The maximum Gasteiger partial charge on any atom is 0.123 e. The number of fused-ring (bicyclic) bond motifs is 1. The van der Waals surface area contributed by atoms with Gasteiger partial charge in [0.05, 0.1) is 6.61 Å². The molecule has 1 N–H and O–H groups in total. The standard InChI is InChI=1S/C30H35NO2/c32-26-16-17-29-27(21-26)30(28(22-33-29)24-10-4-1-5-11-24)25-14-12-23(13-15-25)9-3-2-6-18-31-19-7-8-20-31/h1,4-5,10-17,21,28,30,32H,2-3,6-9,18-20,22H2/t28-,30-/m0/s1. The third kappa shape index (κ3) is 5.25. The summed E-state index contributed by atoms with van der Waals surface area (Å²) in [5, 5.41) is 10.2. The summed E-state index contributed by atoms with van der Waals surface area (Å²) in [5.41, 5.74) is 5.06. The lowest BCUT2D eigenvalue weighted by molar-refractivity contribution is 0.248. The molecule has 0 saturated carbocycles. The van der Waals surface area contributed by atoms with Crippen molar-refractivity contribution in [3.8, 4) is 11.5 Å². The van der Waals surface area contributed by atoms with Crippen LogP contribution in [0.15, 0.2) is 72.8 Å². The van der Waals surface area contributed by atoms with Crippen molar-refractivity contribution in [3.05, 3.63) is 95.1 Å². The Morgan fingerprint density at radius 3 is 2.39 bits per heavy atom. The molecule has 3 nitrogen and oxygen atoms in total. The zero-order chi connectivity index (χ0) is 22.5. The van der Waals surface area contributed by atoms with Gasteiger partial charge in [-0.25, -0.2) is 0 Å². The number of likely N-dealkylation sites (tertiary alicyclic amines) is 1. The molecular weight excluding hydrogens is 406 g/mol. The molecule has 172 valence electrons. The number of aryl methyl sites for hydroxylation is 1. The number of aromatic hydroxyl groups is 1. The van der Waals surface area contributed by atoms with Crippen LogP contribution in [0.5, 0.6) is 11.5 Å². The number of hydrogen-bond acceptors (Lipinski definition) is 3. The summed E-state index contributed by atoms with van der Waals surface area (Å²) >= 11 is 0. The van der Waals surface area contributed by atoms with E-state index in [0.717, 1.165) is 17.7 Å². The molecule has 2 heterocycles. The second-order valence-corrected chi connectivity index (χ2v) is 9.63. The molecule has 0 amide bonds. The van der Waals surface area contributed by atoms with Crippen LogP contribution in [0.3, 0.4) is 0 Å². The van der Waals surface area contributed by atoms with Crippen molar-refractivity contribution in [2.75, 3.05) is 26.2 Å². The van der Waals surface area contributed by atoms with E-state index in [2.05, 4.69) is 59.5 Å². The second kappa shape index (κ2) is 10.4. The molecule has 0 aliphatic carbocycles. The molecule has 3 aromatic carbocycles.